The molecule has 0 unspecified atom stereocenters. The van der Waals surface area contributed by atoms with Crippen LogP contribution in [0.2, 0.25) is 0 Å². The van der Waals surface area contributed by atoms with Crippen molar-refractivity contribution in [2.45, 2.75) is 19.9 Å². The van der Waals surface area contributed by atoms with Gasteiger partial charge >= 0.3 is 0 Å². The number of amides is 1. The fraction of sp³-hybridized carbons (Fsp3) is 0.364. The van der Waals surface area contributed by atoms with Crippen LogP contribution >= 0.6 is 15.9 Å². The molecule has 0 aliphatic heterocycles. The highest BCUT2D eigenvalue weighted by molar-refractivity contribution is 9.10. The van der Waals surface area contributed by atoms with Gasteiger partial charge in [0.1, 0.15) is 0 Å². The Bertz CT molecular complexity index is 394. The lowest BCUT2D eigenvalue weighted by Gasteiger charge is -2.16. The smallest absolute Gasteiger partial charge is 0.241 e. The number of nitrogens with two attached hydrogens (primary N) is 1. The zero-order valence-electron chi connectivity index (χ0n) is 9.20. The number of rotatable bonds is 3. The van der Waals surface area contributed by atoms with Crippen LogP contribution in [0.5, 0.6) is 5.75 Å². The fourth-order valence-corrected chi connectivity index (χ4v) is 1.50. The largest absolute Gasteiger partial charge is 0.505 e. The maximum Gasteiger partial charge on any atom is 0.241 e. The number of nitrogens with one attached hydrogen (secondary N) is 1. The van der Waals surface area contributed by atoms with E-state index >= 15 is 0 Å². The minimum Gasteiger partial charge on any atom is -0.505 e. The maximum atomic E-state index is 11.7. The first kappa shape index (κ1) is 13.0. The number of benzene rings is 1. The van der Waals surface area contributed by atoms with E-state index in [1.165, 1.54) is 0 Å². The number of aromatic hydroxyl groups is 1. The quantitative estimate of drug-likeness (QED) is 0.745. The van der Waals surface area contributed by atoms with E-state index in [1.807, 2.05) is 13.8 Å². The third-order valence-electron chi connectivity index (χ3n) is 2.27. The van der Waals surface area contributed by atoms with Gasteiger partial charge in [0.05, 0.1) is 16.2 Å². The molecule has 0 saturated carbocycles. The first-order valence-corrected chi connectivity index (χ1v) is 5.76. The van der Waals surface area contributed by atoms with Gasteiger partial charge in [-0.25, -0.2) is 0 Å². The second-order valence-corrected chi connectivity index (χ2v) is 4.75. The van der Waals surface area contributed by atoms with E-state index in [4.69, 9.17) is 5.73 Å². The predicted octanol–water partition coefficient (Wildman–Crippen LogP) is 2.08. The topological polar surface area (TPSA) is 75.4 Å². The van der Waals surface area contributed by atoms with Gasteiger partial charge in [0, 0.05) is 0 Å². The molecule has 0 spiro atoms. The standard InChI is InChI=1S/C11H15BrN2O2/c1-6(2)9(13)11(16)14-8-5-3-4-7(12)10(8)15/h3-6,9,15H,13H2,1-2H3,(H,14,16)/t9-/m1/s1. The molecule has 1 aromatic carbocycles. The molecule has 0 radical (unpaired) electrons. The lowest BCUT2D eigenvalue weighted by molar-refractivity contribution is -0.118. The number of hydrogen-bond acceptors (Lipinski definition) is 3. The molecule has 1 aromatic rings. The zero-order valence-corrected chi connectivity index (χ0v) is 10.8. The van der Waals surface area contributed by atoms with Crippen molar-refractivity contribution < 1.29 is 9.90 Å². The molecule has 1 amide bonds. The lowest BCUT2D eigenvalue weighted by atomic mass is 10.0. The average Bonchev–Trinajstić information content (AvgIpc) is 2.23. The Hall–Kier alpha value is -1.07. The second-order valence-electron chi connectivity index (χ2n) is 3.90. The summed E-state index contributed by atoms with van der Waals surface area (Å²) >= 11 is 3.17. The van der Waals surface area contributed by atoms with E-state index in [0.29, 0.717) is 10.2 Å². The summed E-state index contributed by atoms with van der Waals surface area (Å²) in [6.07, 6.45) is 0. The predicted molar refractivity (Wildman–Crippen MR) is 67.2 cm³/mol. The maximum absolute atomic E-state index is 11.7. The third kappa shape index (κ3) is 2.96. The van der Waals surface area contributed by atoms with Crippen LogP contribution in [-0.2, 0) is 4.79 Å². The van der Waals surface area contributed by atoms with Crippen molar-refractivity contribution in [2.75, 3.05) is 5.32 Å². The number of phenolic OH excluding ortho intramolecular Hbond substituents is 1. The van der Waals surface area contributed by atoms with Crippen LogP contribution in [0.15, 0.2) is 22.7 Å². The van der Waals surface area contributed by atoms with Crippen LogP contribution in [0.1, 0.15) is 13.8 Å². The summed E-state index contributed by atoms with van der Waals surface area (Å²) in [6.45, 7) is 3.73. The van der Waals surface area contributed by atoms with Gasteiger partial charge in [-0.15, -0.1) is 0 Å². The van der Waals surface area contributed by atoms with Crippen LogP contribution in [0.3, 0.4) is 0 Å². The SMILES string of the molecule is CC(C)[C@@H](N)C(=O)Nc1cccc(Br)c1O. The molecule has 88 valence electrons. The Labute approximate surface area is 103 Å². The van der Waals surface area contributed by atoms with Crippen molar-refractivity contribution >= 4 is 27.5 Å². The summed E-state index contributed by atoms with van der Waals surface area (Å²) in [7, 11) is 0. The molecule has 0 heterocycles. The number of anilines is 1. The highest BCUT2D eigenvalue weighted by Crippen LogP contribution is 2.31. The van der Waals surface area contributed by atoms with Gasteiger partial charge in [0.2, 0.25) is 5.91 Å². The molecule has 0 aromatic heterocycles. The van der Waals surface area contributed by atoms with Crippen LogP contribution in [-0.4, -0.2) is 17.1 Å². The van der Waals surface area contributed by atoms with Crippen molar-refractivity contribution in [3.63, 3.8) is 0 Å². The summed E-state index contributed by atoms with van der Waals surface area (Å²) in [5, 5.41) is 12.3. The highest BCUT2D eigenvalue weighted by atomic mass is 79.9. The van der Waals surface area contributed by atoms with E-state index in [0.717, 1.165) is 0 Å². The third-order valence-corrected chi connectivity index (χ3v) is 2.91. The minimum atomic E-state index is -0.585. The van der Waals surface area contributed by atoms with Gasteiger partial charge in [0.15, 0.2) is 5.75 Å². The molecule has 5 heteroatoms. The summed E-state index contributed by atoms with van der Waals surface area (Å²) in [5.41, 5.74) is 6.05. The second kappa shape index (κ2) is 5.32. The van der Waals surface area contributed by atoms with Crippen molar-refractivity contribution in [3.8, 4) is 5.75 Å². The molecule has 0 bridgehead atoms. The molecule has 16 heavy (non-hydrogen) atoms. The molecular formula is C11H15BrN2O2. The van der Waals surface area contributed by atoms with Gasteiger partial charge in [-0.05, 0) is 34.0 Å². The molecule has 0 aliphatic carbocycles. The van der Waals surface area contributed by atoms with Crippen molar-refractivity contribution in [2.24, 2.45) is 11.7 Å². The van der Waals surface area contributed by atoms with Crippen LogP contribution in [0.25, 0.3) is 0 Å². The summed E-state index contributed by atoms with van der Waals surface area (Å²) in [4.78, 5) is 11.7. The Morgan fingerprint density at radius 3 is 2.69 bits per heavy atom. The van der Waals surface area contributed by atoms with Crippen molar-refractivity contribution in [1.29, 1.82) is 0 Å². The first-order valence-electron chi connectivity index (χ1n) is 4.97. The van der Waals surface area contributed by atoms with Crippen LogP contribution in [0, 0.1) is 5.92 Å². The molecule has 0 aliphatic rings. The van der Waals surface area contributed by atoms with Gasteiger partial charge in [0.25, 0.3) is 0 Å². The number of carbonyl (C=O) groups excluding carboxylic acids is 1. The molecule has 4 nitrogen and oxygen atoms in total. The van der Waals surface area contributed by atoms with E-state index in [1.54, 1.807) is 18.2 Å². The number of halogens is 1. The molecular weight excluding hydrogens is 272 g/mol. The van der Waals surface area contributed by atoms with E-state index in [2.05, 4.69) is 21.2 Å². The van der Waals surface area contributed by atoms with Crippen LogP contribution in [0.4, 0.5) is 5.69 Å². The lowest BCUT2D eigenvalue weighted by Crippen LogP contribution is -2.39. The van der Waals surface area contributed by atoms with Gasteiger partial charge < -0.3 is 16.2 Å². The summed E-state index contributed by atoms with van der Waals surface area (Å²) in [5.74, 6) is -0.246. The molecule has 4 N–H and O–H groups in total. The number of para-hydroxylation sites is 1. The number of carbonyl (C=O) groups is 1. The molecule has 1 atom stereocenters. The first-order chi connectivity index (χ1) is 7.43. The van der Waals surface area contributed by atoms with Gasteiger partial charge in [-0.3, -0.25) is 4.79 Å². The van der Waals surface area contributed by atoms with Gasteiger partial charge in [-0.1, -0.05) is 19.9 Å². The number of hydrogen-bond donors (Lipinski definition) is 3. The Morgan fingerprint density at radius 2 is 2.12 bits per heavy atom. The zero-order chi connectivity index (χ0) is 12.3. The molecule has 0 saturated heterocycles. The fourth-order valence-electron chi connectivity index (χ4n) is 1.14. The summed E-state index contributed by atoms with van der Waals surface area (Å²) < 4.78 is 0.531. The van der Waals surface area contributed by atoms with E-state index < -0.39 is 6.04 Å². The normalized spacial score (nSPS) is 12.6. The van der Waals surface area contributed by atoms with Crippen molar-refractivity contribution in [1.82, 2.24) is 0 Å². The Kier molecular flexibility index (Phi) is 4.32. The minimum absolute atomic E-state index is 0.00630. The van der Waals surface area contributed by atoms with Crippen molar-refractivity contribution in [3.05, 3.63) is 22.7 Å². The number of phenols is 1. The van der Waals surface area contributed by atoms with E-state index in [-0.39, 0.29) is 17.6 Å². The molecule has 1 rings (SSSR count). The highest BCUT2D eigenvalue weighted by Gasteiger charge is 2.18. The Morgan fingerprint density at radius 1 is 1.50 bits per heavy atom. The monoisotopic (exact) mass is 286 g/mol. The molecule has 0 fully saturated rings. The average molecular weight is 287 g/mol. The van der Waals surface area contributed by atoms with E-state index in [9.17, 15) is 9.90 Å². The summed E-state index contributed by atoms with van der Waals surface area (Å²) in [6, 6.07) is 4.44. The van der Waals surface area contributed by atoms with Gasteiger partial charge in [-0.2, -0.15) is 0 Å². The van der Waals surface area contributed by atoms with Crippen LogP contribution < -0.4 is 11.1 Å². The Balaban J connectivity index is 2.81.